The van der Waals surface area contributed by atoms with Gasteiger partial charge in [-0.25, -0.2) is 4.98 Å². The number of ether oxygens (including phenoxy) is 1. The van der Waals surface area contributed by atoms with Crippen LogP contribution < -0.4 is 10.1 Å². The van der Waals surface area contributed by atoms with E-state index < -0.39 is 0 Å². The van der Waals surface area contributed by atoms with Crippen LogP contribution in [0.4, 0.5) is 5.95 Å². The smallest absolute Gasteiger partial charge is 0.232 e. The standard InChI is InChI=1S/C15H16N4OS/c1-4-11-12(6-5-9(2)17-11)20-13-10-7-8-21-14(10)19-15(16-3)18-13/h5-8H,4H2,1-3H3,(H,16,18,19). The second kappa shape index (κ2) is 5.65. The Labute approximate surface area is 127 Å². The third-order valence-electron chi connectivity index (χ3n) is 3.13. The second-order valence-corrected chi connectivity index (χ2v) is 5.49. The fourth-order valence-corrected chi connectivity index (χ4v) is 2.82. The molecular weight excluding hydrogens is 284 g/mol. The number of thiophene rings is 1. The summed E-state index contributed by atoms with van der Waals surface area (Å²) in [6.45, 7) is 4.04. The topological polar surface area (TPSA) is 59.9 Å². The van der Waals surface area contributed by atoms with Gasteiger partial charge in [-0.2, -0.15) is 4.98 Å². The van der Waals surface area contributed by atoms with E-state index >= 15 is 0 Å². The van der Waals surface area contributed by atoms with Gasteiger partial charge in [-0.05, 0) is 36.9 Å². The molecule has 21 heavy (non-hydrogen) atoms. The molecule has 0 aliphatic carbocycles. The van der Waals surface area contributed by atoms with E-state index in [0.717, 1.165) is 33.8 Å². The molecule has 3 heterocycles. The highest BCUT2D eigenvalue weighted by Gasteiger charge is 2.13. The van der Waals surface area contributed by atoms with Crippen molar-refractivity contribution in [3.63, 3.8) is 0 Å². The minimum absolute atomic E-state index is 0.554. The first-order chi connectivity index (χ1) is 10.2. The van der Waals surface area contributed by atoms with Crippen molar-refractivity contribution >= 4 is 27.5 Å². The van der Waals surface area contributed by atoms with E-state index in [1.54, 1.807) is 18.4 Å². The maximum Gasteiger partial charge on any atom is 0.232 e. The summed E-state index contributed by atoms with van der Waals surface area (Å²) in [5, 5.41) is 5.87. The maximum atomic E-state index is 6.02. The summed E-state index contributed by atoms with van der Waals surface area (Å²) >= 11 is 1.57. The van der Waals surface area contributed by atoms with Crippen molar-refractivity contribution < 1.29 is 4.74 Å². The van der Waals surface area contributed by atoms with E-state index in [0.29, 0.717) is 11.8 Å². The van der Waals surface area contributed by atoms with Crippen LogP contribution in [-0.2, 0) is 6.42 Å². The number of hydrogen-bond donors (Lipinski definition) is 1. The second-order valence-electron chi connectivity index (χ2n) is 4.59. The van der Waals surface area contributed by atoms with Gasteiger partial charge in [0.25, 0.3) is 0 Å². The van der Waals surface area contributed by atoms with Crippen LogP contribution in [0.2, 0.25) is 0 Å². The molecular formula is C15H16N4OS. The van der Waals surface area contributed by atoms with E-state index in [-0.39, 0.29) is 0 Å². The van der Waals surface area contributed by atoms with Gasteiger partial charge in [0.05, 0.1) is 11.1 Å². The molecule has 3 aromatic rings. The molecule has 0 atom stereocenters. The number of nitrogens with zero attached hydrogens (tertiary/aromatic N) is 3. The van der Waals surface area contributed by atoms with Crippen LogP contribution in [0, 0.1) is 6.92 Å². The molecule has 108 valence electrons. The van der Waals surface area contributed by atoms with Crippen molar-refractivity contribution in [3.8, 4) is 11.6 Å². The molecule has 0 aromatic carbocycles. The van der Waals surface area contributed by atoms with Gasteiger partial charge >= 0.3 is 0 Å². The first-order valence-corrected chi connectivity index (χ1v) is 7.66. The first kappa shape index (κ1) is 13.8. The zero-order chi connectivity index (χ0) is 14.8. The van der Waals surface area contributed by atoms with Gasteiger partial charge in [0, 0.05) is 12.7 Å². The zero-order valence-corrected chi connectivity index (χ0v) is 13.0. The molecule has 0 saturated heterocycles. The zero-order valence-electron chi connectivity index (χ0n) is 12.2. The molecule has 0 aliphatic heterocycles. The molecule has 6 heteroatoms. The predicted octanol–water partition coefficient (Wildman–Crippen LogP) is 3.79. The monoisotopic (exact) mass is 300 g/mol. The number of pyridine rings is 1. The molecule has 3 rings (SSSR count). The van der Waals surface area contributed by atoms with Crippen LogP contribution in [0.5, 0.6) is 11.6 Å². The van der Waals surface area contributed by atoms with Crippen molar-refractivity contribution in [2.75, 3.05) is 12.4 Å². The SMILES string of the molecule is CCc1nc(C)ccc1Oc1nc(NC)nc2sccc12. The molecule has 0 spiro atoms. The third-order valence-corrected chi connectivity index (χ3v) is 3.93. The number of fused-ring (bicyclic) bond motifs is 1. The predicted molar refractivity (Wildman–Crippen MR) is 85.4 cm³/mol. The summed E-state index contributed by atoms with van der Waals surface area (Å²) in [5.74, 6) is 1.86. The van der Waals surface area contributed by atoms with Gasteiger partial charge in [-0.15, -0.1) is 11.3 Å². The summed E-state index contributed by atoms with van der Waals surface area (Å²) < 4.78 is 6.02. The van der Waals surface area contributed by atoms with Crippen molar-refractivity contribution in [3.05, 3.63) is 35.0 Å². The number of nitrogens with one attached hydrogen (secondary N) is 1. The molecule has 5 nitrogen and oxygen atoms in total. The Kier molecular flexibility index (Phi) is 3.70. The highest BCUT2D eigenvalue weighted by Crippen LogP contribution is 2.32. The Morgan fingerprint density at radius 2 is 2.05 bits per heavy atom. The van der Waals surface area contributed by atoms with Crippen molar-refractivity contribution in [2.45, 2.75) is 20.3 Å². The number of rotatable bonds is 4. The van der Waals surface area contributed by atoms with E-state index in [2.05, 4.69) is 27.2 Å². The number of aromatic nitrogens is 3. The van der Waals surface area contributed by atoms with Gasteiger partial charge in [0.2, 0.25) is 11.8 Å². The normalized spacial score (nSPS) is 10.8. The Bertz CT molecular complexity index is 784. The van der Waals surface area contributed by atoms with Gasteiger partial charge < -0.3 is 10.1 Å². The minimum Gasteiger partial charge on any atom is -0.436 e. The van der Waals surface area contributed by atoms with Crippen LogP contribution >= 0.6 is 11.3 Å². The highest BCUT2D eigenvalue weighted by molar-refractivity contribution is 7.16. The van der Waals surface area contributed by atoms with Gasteiger partial charge in [-0.1, -0.05) is 6.92 Å². The van der Waals surface area contributed by atoms with Crippen LogP contribution in [-0.4, -0.2) is 22.0 Å². The summed E-state index contributed by atoms with van der Waals surface area (Å²) in [5.41, 5.74) is 1.92. The molecule has 1 N–H and O–H groups in total. The fourth-order valence-electron chi connectivity index (χ4n) is 2.07. The van der Waals surface area contributed by atoms with Gasteiger partial charge in [0.15, 0.2) is 5.75 Å². The van der Waals surface area contributed by atoms with E-state index in [1.807, 2.05) is 30.5 Å². The lowest BCUT2D eigenvalue weighted by molar-refractivity contribution is 0.460. The fraction of sp³-hybridized carbons (Fsp3) is 0.267. The van der Waals surface area contributed by atoms with Crippen molar-refractivity contribution in [1.29, 1.82) is 0 Å². The van der Waals surface area contributed by atoms with Gasteiger partial charge in [-0.3, -0.25) is 4.98 Å². The van der Waals surface area contributed by atoms with Crippen LogP contribution in [0.25, 0.3) is 10.2 Å². The van der Waals surface area contributed by atoms with Crippen molar-refractivity contribution in [1.82, 2.24) is 15.0 Å². The number of aryl methyl sites for hydroxylation is 2. The van der Waals surface area contributed by atoms with Crippen LogP contribution in [0.15, 0.2) is 23.6 Å². The van der Waals surface area contributed by atoms with E-state index in [4.69, 9.17) is 4.74 Å². The van der Waals surface area contributed by atoms with Crippen LogP contribution in [0.3, 0.4) is 0 Å². The first-order valence-electron chi connectivity index (χ1n) is 6.78. The maximum absolute atomic E-state index is 6.02. The van der Waals surface area contributed by atoms with Gasteiger partial charge in [0.1, 0.15) is 4.83 Å². The van der Waals surface area contributed by atoms with Crippen LogP contribution in [0.1, 0.15) is 18.3 Å². The highest BCUT2D eigenvalue weighted by atomic mass is 32.1. The summed E-state index contributed by atoms with van der Waals surface area (Å²) in [6.07, 6.45) is 0.813. The third kappa shape index (κ3) is 2.67. The summed E-state index contributed by atoms with van der Waals surface area (Å²) in [6, 6.07) is 5.86. The molecule has 0 radical (unpaired) electrons. The molecule has 0 aliphatic rings. The average molecular weight is 300 g/mol. The lowest BCUT2D eigenvalue weighted by Crippen LogP contribution is -2.00. The lowest BCUT2D eigenvalue weighted by Gasteiger charge is -2.11. The molecule has 0 unspecified atom stereocenters. The minimum atomic E-state index is 0.554. The lowest BCUT2D eigenvalue weighted by atomic mass is 10.2. The molecule has 0 saturated carbocycles. The largest absolute Gasteiger partial charge is 0.436 e. The Morgan fingerprint density at radius 1 is 1.19 bits per heavy atom. The molecule has 0 bridgehead atoms. The number of hydrogen-bond acceptors (Lipinski definition) is 6. The quantitative estimate of drug-likeness (QED) is 0.794. The average Bonchev–Trinajstić information content (AvgIpc) is 2.97. The Hall–Kier alpha value is -2.21. The Balaban J connectivity index is 2.07. The molecule has 3 aromatic heterocycles. The Morgan fingerprint density at radius 3 is 2.81 bits per heavy atom. The van der Waals surface area contributed by atoms with E-state index in [1.165, 1.54) is 0 Å². The van der Waals surface area contributed by atoms with Crippen molar-refractivity contribution in [2.24, 2.45) is 0 Å². The summed E-state index contributed by atoms with van der Waals surface area (Å²) in [4.78, 5) is 14.3. The molecule has 0 amide bonds. The molecule has 0 fully saturated rings. The summed E-state index contributed by atoms with van der Waals surface area (Å²) in [7, 11) is 1.80. The van der Waals surface area contributed by atoms with E-state index in [9.17, 15) is 0 Å². The number of anilines is 1.